The summed E-state index contributed by atoms with van der Waals surface area (Å²) in [5, 5.41) is 11.3. The Morgan fingerprint density at radius 2 is 2.10 bits per heavy atom. The van der Waals surface area contributed by atoms with E-state index < -0.39 is 21.6 Å². The standard InChI is InChI=1S/C20H19FN2O5S.H2S/c1-27-19-5-4-16(29(25,26)12-13-6-7-28-11-13)9-17(19)20(24)23-15-3-2-14(10-22)18(21)8-15;/h2-5,8-9,13H,6-7,11-12H2,1H3,(H,23,24);1H2/t13-;/m0./s1. The molecule has 1 atom stereocenters. The quantitative estimate of drug-likeness (QED) is 0.723. The number of nitrogens with one attached hydrogen (secondary N) is 1. The Hall–Kier alpha value is -2.61. The first kappa shape index (κ1) is 23.7. The number of ether oxygens (including phenoxy) is 2. The number of carbonyl (C=O) groups excluding carboxylic acids is 1. The first-order valence-corrected chi connectivity index (χ1v) is 10.5. The molecule has 0 saturated carbocycles. The molecule has 10 heteroatoms. The molecule has 0 radical (unpaired) electrons. The predicted octanol–water partition coefficient (Wildman–Crippen LogP) is 2.88. The number of rotatable bonds is 6. The van der Waals surface area contributed by atoms with Crippen molar-refractivity contribution in [3.63, 3.8) is 0 Å². The van der Waals surface area contributed by atoms with Crippen molar-refractivity contribution in [3.05, 3.63) is 53.3 Å². The molecule has 2 aromatic carbocycles. The Morgan fingerprint density at radius 3 is 2.70 bits per heavy atom. The highest BCUT2D eigenvalue weighted by atomic mass is 32.2. The number of amides is 1. The second-order valence-corrected chi connectivity index (χ2v) is 8.67. The van der Waals surface area contributed by atoms with Crippen molar-refractivity contribution in [1.82, 2.24) is 0 Å². The fraction of sp³-hybridized carbons (Fsp3) is 0.300. The average Bonchev–Trinajstić information content (AvgIpc) is 3.19. The van der Waals surface area contributed by atoms with E-state index in [0.717, 1.165) is 6.07 Å². The van der Waals surface area contributed by atoms with Gasteiger partial charge in [0.1, 0.15) is 17.6 Å². The molecule has 0 bridgehead atoms. The van der Waals surface area contributed by atoms with Crippen LogP contribution in [0.2, 0.25) is 0 Å². The van der Waals surface area contributed by atoms with Gasteiger partial charge >= 0.3 is 0 Å². The molecule has 1 amide bonds. The Bertz CT molecular complexity index is 1080. The van der Waals surface area contributed by atoms with E-state index in [1.54, 1.807) is 6.07 Å². The van der Waals surface area contributed by atoms with Gasteiger partial charge in [0.2, 0.25) is 0 Å². The molecule has 1 fully saturated rings. The Balaban J connectivity index is 0.00000320. The molecule has 1 aliphatic rings. The maximum absolute atomic E-state index is 13.8. The summed E-state index contributed by atoms with van der Waals surface area (Å²) in [5.74, 6) is -1.40. The number of nitriles is 1. The molecular weight excluding hydrogens is 431 g/mol. The lowest BCUT2D eigenvalue weighted by Crippen LogP contribution is -2.18. The van der Waals surface area contributed by atoms with Crippen molar-refractivity contribution in [2.75, 3.05) is 31.4 Å². The molecule has 30 heavy (non-hydrogen) atoms. The minimum Gasteiger partial charge on any atom is -0.496 e. The number of anilines is 1. The molecule has 3 rings (SSSR count). The zero-order valence-corrected chi connectivity index (χ0v) is 18.0. The summed E-state index contributed by atoms with van der Waals surface area (Å²) in [4.78, 5) is 12.7. The first-order chi connectivity index (χ1) is 13.8. The van der Waals surface area contributed by atoms with Gasteiger partial charge in [0.05, 0.1) is 35.5 Å². The SMILES string of the molecule is COc1ccc(S(=O)(=O)C[C@H]2CCOC2)cc1C(=O)Nc1ccc(C#N)c(F)c1.S. The van der Waals surface area contributed by atoms with Crippen LogP contribution in [0.25, 0.3) is 0 Å². The van der Waals surface area contributed by atoms with E-state index in [-0.39, 0.29) is 52.6 Å². The van der Waals surface area contributed by atoms with Gasteiger partial charge in [-0.2, -0.15) is 18.8 Å². The van der Waals surface area contributed by atoms with Crippen LogP contribution in [0.3, 0.4) is 0 Å². The van der Waals surface area contributed by atoms with Crippen LogP contribution in [-0.4, -0.2) is 40.4 Å². The van der Waals surface area contributed by atoms with Gasteiger partial charge in [-0.15, -0.1) is 0 Å². The molecule has 0 unspecified atom stereocenters. The lowest BCUT2D eigenvalue weighted by Gasteiger charge is -2.13. The molecule has 1 heterocycles. The smallest absolute Gasteiger partial charge is 0.259 e. The lowest BCUT2D eigenvalue weighted by atomic mass is 10.1. The van der Waals surface area contributed by atoms with Gasteiger partial charge in [0.25, 0.3) is 5.91 Å². The maximum Gasteiger partial charge on any atom is 0.259 e. The first-order valence-electron chi connectivity index (χ1n) is 8.83. The summed E-state index contributed by atoms with van der Waals surface area (Å²) in [7, 11) is -2.27. The predicted molar refractivity (Wildman–Crippen MR) is 113 cm³/mol. The molecule has 1 aliphatic heterocycles. The molecule has 0 spiro atoms. The van der Waals surface area contributed by atoms with Crippen molar-refractivity contribution in [2.24, 2.45) is 5.92 Å². The second kappa shape index (κ2) is 9.93. The highest BCUT2D eigenvalue weighted by Crippen LogP contribution is 2.27. The van der Waals surface area contributed by atoms with Crippen LogP contribution < -0.4 is 10.1 Å². The Kier molecular flexibility index (Phi) is 7.83. The van der Waals surface area contributed by atoms with Crippen molar-refractivity contribution in [2.45, 2.75) is 11.3 Å². The second-order valence-electron chi connectivity index (χ2n) is 6.63. The number of halogens is 1. The average molecular weight is 453 g/mol. The summed E-state index contributed by atoms with van der Waals surface area (Å²) in [6.45, 7) is 0.935. The van der Waals surface area contributed by atoms with Crippen molar-refractivity contribution in [1.29, 1.82) is 5.26 Å². The minimum absolute atomic E-state index is 0. The topological polar surface area (TPSA) is 105 Å². The van der Waals surface area contributed by atoms with E-state index >= 15 is 0 Å². The van der Waals surface area contributed by atoms with Crippen molar-refractivity contribution < 1.29 is 27.1 Å². The summed E-state index contributed by atoms with van der Waals surface area (Å²) in [5.41, 5.74) is -0.0181. The molecule has 1 saturated heterocycles. The van der Waals surface area contributed by atoms with Gasteiger partial charge in [-0.1, -0.05) is 0 Å². The molecular formula is C20H21FN2O5S2. The zero-order valence-electron chi connectivity index (χ0n) is 16.1. The summed E-state index contributed by atoms with van der Waals surface area (Å²) < 4.78 is 49.6. The van der Waals surface area contributed by atoms with Gasteiger partial charge in [-0.25, -0.2) is 12.8 Å². The summed E-state index contributed by atoms with van der Waals surface area (Å²) in [6.07, 6.45) is 0.674. The van der Waals surface area contributed by atoms with Gasteiger partial charge in [-0.3, -0.25) is 4.79 Å². The molecule has 7 nitrogen and oxygen atoms in total. The molecule has 2 aromatic rings. The fourth-order valence-electron chi connectivity index (χ4n) is 3.06. The van der Waals surface area contributed by atoms with Gasteiger partial charge in [-0.05, 0) is 48.7 Å². The van der Waals surface area contributed by atoms with E-state index in [0.29, 0.717) is 19.6 Å². The minimum atomic E-state index is -3.62. The van der Waals surface area contributed by atoms with Crippen LogP contribution in [-0.2, 0) is 14.6 Å². The van der Waals surface area contributed by atoms with Crippen LogP contribution in [0, 0.1) is 23.1 Å². The summed E-state index contributed by atoms with van der Waals surface area (Å²) in [6, 6.07) is 9.39. The van der Waals surface area contributed by atoms with E-state index in [1.165, 1.54) is 37.4 Å². The summed E-state index contributed by atoms with van der Waals surface area (Å²) >= 11 is 0. The van der Waals surface area contributed by atoms with E-state index in [9.17, 15) is 17.6 Å². The van der Waals surface area contributed by atoms with E-state index in [2.05, 4.69) is 5.32 Å². The van der Waals surface area contributed by atoms with Crippen LogP contribution in [0.5, 0.6) is 5.75 Å². The number of methoxy groups -OCH3 is 1. The number of carbonyl (C=O) groups is 1. The van der Waals surface area contributed by atoms with Crippen LogP contribution in [0.15, 0.2) is 41.3 Å². The highest BCUT2D eigenvalue weighted by molar-refractivity contribution is 7.91. The fourth-order valence-corrected chi connectivity index (χ4v) is 4.71. The number of benzene rings is 2. The molecule has 1 N–H and O–H groups in total. The van der Waals surface area contributed by atoms with Gasteiger partial charge in [0, 0.05) is 12.3 Å². The Labute approximate surface area is 181 Å². The van der Waals surface area contributed by atoms with Gasteiger partial charge in [0.15, 0.2) is 9.84 Å². The molecule has 0 aromatic heterocycles. The largest absolute Gasteiger partial charge is 0.496 e. The van der Waals surface area contributed by atoms with Crippen LogP contribution >= 0.6 is 13.5 Å². The third-order valence-electron chi connectivity index (χ3n) is 4.60. The third kappa shape index (κ3) is 5.30. The number of sulfone groups is 1. The third-order valence-corrected chi connectivity index (χ3v) is 6.48. The normalized spacial score (nSPS) is 15.7. The maximum atomic E-state index is 13.8. The van der Waals surface area contributed by atoms with E-state index in [1.807, 2.05) is 0 Å². The molecule has 0 aliphatic carbocycles. The van der Waals surface area contributed by atoms with E-state index in [4.69, 9.17) is 14.7 Å². The molecule has 160 valence electrons. The number of hydrogen-bond donors (Lipinski definition) is 1. The Morgan fingerprint density at radius 1 is 1.33 bits per heavy atom. The van der Waals surface area contributed by atoms with Crippen molar-refractivity contribution in [3.8, 4) is 11.8 Å². The van der Waals surface area contributed by atoms with Crippen LogP contribution in [0.4, 0.5) is 10.1 Å². The lowest BCUT2D eigenvalue weighted by molar-refractivity contribution is 0.102. The monoisotopic (exact) mass is 452 g/mol. The van der Waals surface area contributed by atoms with Crippen molar-refractivity contribution >= 4 is 34.9 Å². The number of nitrogens with zero attached hydrogens (tertiary/aromatic N) is 1. The van der Waals surface area contributed by atoms with Crippen LogP contribution in [0.1, 0.15) is 22.3 Å². The zero-order chi connectivity index (χ0) is 21.0. The highest BCUT2D eigenvalue weighted by Gasteiger charge is 2.26. The number of hydrogen-bond acceptors (Lipinski definition) is 6. The van der Waals surface area contributed by atoms with Gasteiger partial charge < -0.3 is 14.8 Å².